The van der Waals surface area contributed by atoms with Gasteiger partial charge in [0.2, 0.25) is 6.29 Å². The number of phenolic OH excluding ortho intramolecular Hbond substituents is 2. The minimum atomic E-state index is -1.73. The van der Waals surface area contributed by atoms with Gasteiger partial charge in [0.05, 0.1) is 24.4 Å². The van der Waals surface area contributed by atoms with E-state index in [-0.39, 0.29) is 35.0 Å². The summed E-state index contributed by atoms with van der Waals surface area (Å²) in [6.07, 6.45) is -16.7. The number of fused-ring (bicyclic) bond motifs is 1. The molecule has 9 N–H and O–H groups in total. The Balaban J connectivity index is 1.41. The van der Waals surface area contributed by atoms with Crippen LogP contribution < -0.4 is 9.47 Å². The third-order valence-electron chi connectivity index (χ3n) is 7.57. The van der Waals surface area contributed by atoms with Gasteiger partial charge in [0, 0.05) is 18.6 Å². The molecular weight excluding hydrogens is 548 g/mol. The molecule has 0 aromatic heterocycles. The van der Waals surface area contributed by atoms with Crippen LogP contribution in [0.3, 0.4) is 0 Å². The molecule has 5 rings (SSSR count). The molecule has 0 saturated carbocycles. The molecule has 2 aromatic rings. The lowest BCUT2D eigenvalue weighted by Gasteiger charge is -2.45. The first kappa shape index (κ1) is 29.7. The number of aliphatic hydroxyl groups is 7. The van der Waals surface area contributed by atoms with Gasteiger partial charge < -0.3 is 69.6 Å². The fraction of sp³-hybridized carbons (Fsp3) is 0.556. The van der Waals surface area contributed by atoms with E-state index < -0.39 is 80.2 Å². The average Bonchev–Trinajstić information content (AvgIpc) is 2.94. The molecule has 226 valence electrons. The topological polar surface area (TPSA) is 228 Å². The lowest BCUT2D eigenvalue weighted by Crippen LogP contribution is -2.64. The van der Waals surface area contributed by atoms with Crippen LogP contribution in [-0.4, -0.2) is 114 Å². The summed E-state index contributed by atoms with van der Waals surface area (Å²) in [6.45, 7) is 0.735. The van der Waals surface area contributed by atoms with Gasteiger partial charge in [0.1, 0.15) is 65.7 Å². The largest absolute Gasteiger partial charge is 0.508 e. The Morgan fingerprint density at radius 2 is 1.54 bits per heavy atom. The van der Waals surface area contributed by atoms with Gasteiger partial charge in [-0.25, -0.2) is 0 Å². The minimum absolute atomic E-state index is 0.0582. The summed E-state index contributed by atoms with van der Waals surface area (Å²) in [5.74, 6) is -0.282. The third kappa shape index (κ3) is 5.81. The molecule has 3 aliphatic rings. The standard InChI is InChI=1S/C27H34O14/c1-10-20(32)22(34)24(36)26(37-10)41-25-23(35)21(33)18(9-28)40-27(25)38-13-6-14(30)19-15(31)8-16(39-17(19)7-13)11-2-4-12(29)5-3-11/h2-7,10,15-16,18,20-36H,8-9H2,1H3/t10-,15-,16-,18+,20+,21+,22-,23+,24-,25-,26+,27-/m1/s1. The van der Waals surface area contributed by atoms with E-state index >= 15 is 0 Å². The fourth-order valence-electron chi connectivity index (χ4n) is 5.21. The molecule has 14 heteroatoms. The van der Waals surface area contributed by atoms with Gasteiger partial charge in [-0.05, 0) is 24.6 Å². The fourth-order valence-corrected chi connectivity index (χ4v) is 5.21. The minimum Gasteiger partial charge on any atom is -0.508 e. The van der Waals surface area contributed by atoms with Crippen LogP contribution in [0.1, 0.15) is 36.7 Å². The van der Waals surface area contributed by atoms with Crippen LogP contribution in [0.4, 0.5) is 0 Å². The number of benzene rings is 2. The van der Waals surface area contributed by atoms with Crippen molar-refractivity contribution in [2.75, 3.05) is 6.61 Å². The Bertz CT molecular complexity index is 1190. The van der Waals surface area contributed by atoms with Crippen molar-refractivity contribution in [2.24, 2.45) is 0 Å². The number of aromatic hydroxyl groups is 2. The number of hydrogen-bond acceptors (Lipinski definition) is 14. The highest BCUT2D eigenvalue weighted by Gasteiger charge is 2.51. The monoisotopic (exact) mass is 582 g/mol. The van der Waals surface area contributed by atoms with E-state index in [0.717, 1.165) is 0 Å². The molecule has 0 unspecified atom stereocenters. The number of hydrogen-bond donors (Lipinski definition) is 9. The highest BCUT2D eigenvalue weighted by atomic mass is 16.8. The molecule has 3 heterocycles. The van der Waals surface area contributed by atoms with Crippen LogP contribution >= 0.6 is 0 Å². The van der Waals surface area contributed by atoms with Crippen molar-refractivity contribution in [3.05, 3.63) is 47.5 Å². The molecule has 41 heavy (non-hydrogen) atoms. The Kier molecular flexibility index (Phi) is 8.59. The third-order valence-corrected chi connectivity index (χ3v) is 7.57. The first-order valence-corrected chi connectivity index (χ1v) is 13.1. The van der Waals surface area contributed by atoms with E-state index in [1.807, 2.05) is 0 Å². The number of phenols is 2. The van der Waals surface area contributed by atoms with Crippen molar-refractivity contribution in [3.8, 4) is 23.0 Å². The molecular formula is C27H34O14. The number of rotatable bonds is 6. The molecule has 2 aromatic carbocycles. The lowest BCUT2D eigenvalue weighted by molar-refractivity contribution is -0.354. The summed E-state index contributed by atoms with van der Waals surface area (Å²) in [6, 6.07) is 8.76. The second-order valence-corrected chi connectivity index (χ2v) is 10.4. The van der Waals surface area contributed by atoms with E-state index in [4.69, 9.17) is 23.7 Å². The van der Waals surface area contributed by atoms with Crippen molar-refractivity contribution >= 4 is 0 Å². The highest BCUT2D eigenvalue weighted by Crippen LogP contribution is 2.47. The van der Waals surface area contributed by atoms with Gasteiger partial charge in [0.15, 0.2) is 12.4 Å². The maximum Gasteiger partial charge on any atom is 0.229 e. The van der Waals surface area contributed by atoms with Gasteiger partial charge in [0.25, 0.3) is 0 Å². The summed E-state index contributed by atoms with van der Waals surface area (Å²) in [7, 11) is 0. The Hall–Kier alpha value is -2.76. The predicted molar refractivity (Wildman–Crippen MR) is 135 cm³/mol. The molecule has 0 amide bonds. The molecule has 3 aliphatic heterocycles. The van der Waals surface area contributed by atoms with Crippen LogP contribution in [-0.2, 0) is 14.2 Å². The van der Waals surface area contributed by atoms with Gasteiger partial charge in [-0.2, -0.15) is 0 Å². The second-order valence-electron chi connectivity index (χ2n) is 10.4. The van der Waals surface area contributed by atoms with Gasteiger partial charge in [-0.1, -0.05) is 12.1 Å². The molecule has 0 radical (unpaired) electrons. The van der Waals surface area contributed by atoms with Crippen molar-refractivity contribution in [2.45, 2.75) is 87.0 Å². The number of ether oxygens (including phenoxy) is 5. The maximum atomic E-state index is 10.8. The molecule has 0 bridgehead atoms. The summed E-state index contributed by atoms with van der Waals surface area (Å²) < 4.78 is 28.7. The molecule has 0 spiro atoms. The predicted octanol–water partition coefficient (Wildman–Crippen LogP) is -1.31. The quantitative estimate of drug-likeness (QED) is 0.193. The lowest BCUT2D eigenvalue weighted by atomic mass is 9.94. The van der Waals surface area contributed by atoms with Crippen molar-refractivity contribution < 1.29 is 69.6 Å². The zero-order valence-electron chi connectivity index (χ0n) is 21.9. The summed E-state index contributed by atoms with van der Waals surface area (Å²) in [4.78, 5) is 0. The molecule has 14 nitrogen and oxygen atoms in total. The van der Waals surface area contributed by atoms with Crippen LogP contribution in [0.5, 0.6) is 23.0 Å². The van der Waals surface area contributed by atoms with Crippen molar-refractivity contribution in [1.29, 1.82) is 0 Å². The van der Waals surface area contributed by atoms with E-state index in [1.54, 1.807) is 12.1 Å². The van der Waals surface area contributed by atoms with Gasteiger partial charge >= 0.3 is 0 Å². The average molecular weight is 583 g/mol. The molecule has 0 aliphatic carbocycles. The van der Waals surface area contributed by atoms with Crippen molar-refractivity contribution in [1.82, 2.24) is 0 Å². The zero-order chi connectivity index (χ0) is 29.6. The van der Waals surface area contributed by atoms with E-state index in [2.05, 4.69) is 0 Å². The smallest absolute Gasteiger partial charge is 0.229 e. The normalized spacial score (nSPS) is 39.0. The Morgan fingerprint density at radius 1 is 0.829 bits per heavy atom. The molecule has 2 fully saturated rings. The Labute approximate surface area is 234 Å². The van der Waals surface area contributed by atoms with Crippen molar-refractivity contribution in [3.63, 3.8) is 0 Å². The zero-order valence-corrected chi connectivity index (χ0v) is 21.9. The van der Waals surface area contributed by atoms with Crippen LogP contribution in [0.25, 0.3) is 0 Å². The highest BCUT2D eigenvalue weighted by molar-refractivity contribution is 5.52. The van der Waals surface area contributed by atoms with Crippen LogP contribution in [0.2, 0.25) is 0 Å². The summed E-state index contributed by atoms with van der Waals surface area (Å²) in [5.41, 5.74) is 0.784. The summed E-state index contributed by atoms with van der Waals surface area (Å²) >= 11 is 0. The molecule has 2 saturated heterocycles. The molecule has 12 atom stereocenters. The first-order valence-electron chi connectivity index (χ1n) is 13.1. The van der Waals surface area contributed by atoms with E-state index in [1.165, 1.54) is 31.2 Å². The first-order chi connectivity index (χ1) is 19.5. The van der Waals surface area contributed by atoms with E-state index in [9.17, 15) is 46.0 Å². The second kappa shape index (κ2) is 11.9. The van der Waals surface area contributed by atoms with Gasteiger partial charge in [-0.3, -0.25) is 0 Å². The summed E-state index contributed by atoms with van der Waals surface area (Å²) in [5, 5.41) is 92.5. The maximum absolute atomic E-state index is 10.8. The van der Waals surface area contributed by atoms with E-state index in [0.29, 0.717) is 5.56 Å². The number of aliphatic hydroxyl groups excluding tert-OH is 7. The Morgan fingerprint density at radius 3 is 2.22 bits per heavy atom. The van der Waals surface area contributed by atoms with Crippen LogP contribution in [0.15, 0.2) is 36.4 Å². The SMILES string of the molecule is C[C@H]1O[C@@H](O[C@H]2[C@H](Oc3cc(O)c4c(c3)O[C@@H](c3ccc(O)cc3)C[C@H]4O)O[C@@H](CO)[C@H](O)[C@@H]2O)[C@H](O)[C@H](O)[C@H]1O. The van der Waals surface area contributed by atoms with Crippen LogP contribution in [0, 0.1) is 0 Å². The van der Waals surface area contributed by atoms with Gasteiger partial charge in [-0.15, -0.1) is 0 Å².